The van der Waals surface area contributed by atoms with Crippen molar-refractivity contribution in [3.8, 4) is 0 Å². The van der Waals surface area contributed by atoms with Gasteiger partial charge in [-0.25, -0.2) is 0 Å². The second kappa shape index (κ2) is 5.13. The first kappa shape index (κ1) is 12.0. The van der Waals surface area contributed by atoms with Gasteiger partial charge >= 0.3 is 0 Å². The fourth-order valence-corrected chi connectivity index (χ4v) is 2.15. The van der Waals surface area contributed by atoms with Crippen LogP contribution in [0.25, 0.3) is 0 Å². The molecule has 0 aliphatic carbocycles. The highest BCUT2D eigenvalue weighted by Crippen LogP contribution is 2.14. The molecule has 0 aromatic carbocycles. The van der Waals surface area contributed by atoms with E-state index in [0.29, 0.717) is 6.10 Å². The lowest BCUT2D eigenvalue weighted by molar-refractivity contribution is -0.0643. The number of rotatable bonds is 3. The van der Waals surface area contributed by atoms with Crippen LogP contribution in [0.5, 0.6) is 0 Å². The van der Waals surface area contributed by atoms with Gasteiger partial charge in [0.25, 0.3) is 0 Å². The van der Waals surface area contributed by atoms with Crippen LogP contribution in [0, 0.1) is 0 Å². The van der Waals surface area contributed by atoms with Gasteiger partial charge in [-0.15, -0.1) is 0 Å². The quantitative estimate of drug-likeness (QED) is 0.693. The summed E-state index contributed by atoms with van der Waals surface area (Å²) in [6.45, 7) is 12.2. The summed E-state index contributed by atoms with van der Waals surface area (Å²) in [6, 6.07) is 0. The van der Waals surface area contributed by atoms with Gasteiger partial charge in [-0.3, -0.25) is 0 Å². The SMILES string of the molecule is CC(CN1CCCCC1)OC(C)(C)C. The summed E-state index contributed by atoms with van der Waals surface area (Å²) in [4.78, 5) is 2.53. The summed E-state index contributed by atoms with van der Waals surface area (Å²) in [5, 5.41) is 0. The molecule has 0 saturated carbocycles. The molecule has 1 rings (SSSR count). The normalized spacial score (nSPS) is 22.3. The summed E-state index contributed by atoms with van der Waals surface area (Å²) < 4.78 is 5.90. The third-order valence-electron chi connectivity index (χ3n) is 2.52. The largest absolute Gasteiger partial charge is 0.372 e. The zero-order valence-corrected chi connectivity index (χ0v) is 10.2. The summed E-state index contributed by atoms with van der Waals surface area (Å²) in [7, 11) is 0. The van der Waals surface area contributed by atoms with Crippen molar-refractivity contribution in [2.75, 3.05) is 19.6 Å². The van der Waals surface area contributed by atoms with Crippen LogP contribution in [0.3, 0.4) is 0 Å². The van der Waals surface area contributed by atoms with E-state index in [9.17, 15) is 0 Å². The van der Waals surface area contributed by atoms with E-state index in [1.807, 2.05) is 0 Å². The Hall–Kier alpha value is -0.0800. The third-order valence-corrected chi connectivity index (χ3v) is 2.52. The van der Waals surface area contributed by atoms with Crippen LogP contribution in [-0.2, 0) is 4.74 Å². The van der Waals surface area contributed by atoms with Crippen LogP contribution >= 0.6 is 0 Å². The summed E-state index contributed by atoms with van der Waals surface area (Å²) >= 11 is 0. The molecule has 1 unspecified atom stereocenters. The Kier molecular flexibility index (Phi) is 4.39. The zero-order valence-electron chi connectivity index (χ0n) is 10.2. The topological polar surface area (TPSA) is 12.5 Å². The van der Waals surface area contributed by atoms with E-state index in [2.05, 4.69) is 32.6 Å². The fraction of sp³-hybridized carbons (Fsp3) is 1.00. The van der Waals surface area contributed by atoms with E-state index in [4.69, 9.17) is 4.74 Å². The van der Waals surface area contributed by atoms with Gasteiger partial charge < -0.3 is 9.64 Å². The number of piperidine rings is 1. The molecule has 2 heteroatoms. The molecule has 14 heavy (non-hydrogen) atoms. The van der Waals surface area contributed by atoms with Crippen LogP contribution in [0.1, 0.15) is 47.0 Å². The minimum atomic E-state index is -0.00476. The van der Waals surface area contributed by atoms with Crippen LogP contribution in [0.4, 0.5) is 0 Å². The van der Waals surface area contributed by atoms with Gasteiger partial charge in [0.15, 0.2) is 0 Å². The van der Waals surface area contributed by atoms with Crippen molar-refractivity contribution in [3.63, 3.8) is 0 Å². The first-order valence-electron chi connectivity index (χ1n) is 5.87. The maximum absolute atomic E-state index is 5.90. The molecule has 84 valence electrons. The first-order valence-corrected chi connectivity index (χ1v) is 5.87. The minimum Gasteiger partial charge on any atom is -0.372 e. The van der Waals surface area contributed by atoms with Crippen molar-refractivity contribution in [1.29, 1.82) is 0 Å². The molecular weight excluding hydrogens is 174 g/mol. The van der Waals surface area contributed by atoms with Gasteiger partial charge in [0.1, 0.15) is 0 Å². The molecule has 1 atom stereocenters. The van der Waals surface area contributed by atoms with Crippen LogP contribution < -0.4 is 0 Å². The van der Waals surface area contributed by atoms with Crippen molar-refractivity contribution in [2.24, 2.45) is 0 Å². The van der Waals surface area contributed by atoms with E-state index in [0.717, 1.165) is 6.54 Å². The molecule has 1 heterocycles. The Balaban J connectivity index is 2.21. The van der Waals surface area contributed by atoms with Crippen molar-refractivity contribution >= 4 is 0 Å². The van der Waals surface area contributed by atoms with Gasteiger partial charge in [0.2, 0.25) is 0 Å². The average molecular weight is 199 g/mol. The molecular formula is C12H25NO. The molecule has 0 amide bonds. The van der Waals surface area contributed by atoms with Crippen LogP contribution in [0.15, 0.2) is 0 Å². The molecule has 1 aliphatic rings. The number of hydrogen-bond acceptors (Lipinski definition) is 2. The number of ether oxygens (including phenoxy) is 1. The standard InChI is InChI=1S/C12H25NO/c1-11(14-12(2,3)4)10-13-8-6-5-7-9-13/h11H,5-10H2,1-4H3. The van der Waals surface area contributed by atoms with E-state index in [1.54, 1.807) is 0 Å². The third kappa shape index (κ3) is 4.97. The second-order valence-corrected chi connectivity index (χ2v) is 5.40. The second-order valence-electron chi connectivity index (χ2n) is 5.40. The smallest absolute Gasteiger partial charge is 0.0681 e. The molecule has 1 saturated heterocycles. The molecule has 0 aromatic heterocycles. The predicted molar refractivity (Wildman–Crippen MR) is 60.6 cm³/mol. The van der Waals surface area contributed by atoms with E-state index < -0.39 is 0 Å². The maximum Gasteiger partial charge on any atom is 0.0681 e. The van der Waals surface area contributed by atoms with Gasteiger partial charge in [-0.2, -0.15) is 0 Å². The monoisotopic (exact) mass is 199 g/mol. The molecule has 1 fully saturated rings. The highest BCUT2D eigenvalue weighted by molar-refractivity contribution is 4.70. The average Bonchev–Trinajstić information content (AvgIpc) is 2.02. The van der Waals surface area contributed by atoms with Crippen LogP contribution in [-0.4, -0.2) is 36.2 Å². The van der Waals surface area contributed by atoms with E-state index >= 15 is 0 Å². The summed E-state index contributed by atoms with van der Waals surface area (Å²) in [5.74, 6) is 0. The molecule has 0 aromatic rings. The van der Waals surface area contributed by atoms with E-state index in [-0.39, 0.29) is 5.60 Å². The van der Waals surface area contributed by atoms with Crippen molar-refractivity contribution < 1.29 is 4.74 Å². The lowest BCUT2D eigenvalue weighted by atomic mass is 10.1. The molecule has 1 aliphatic heterocycles. The fourth-order valence-electron chi connectivity index (χ4n) is 2.15. The highest BCUT2D eigenvalue weighted by atomic mass is 16.5. The zero-order chi connectivity index (χ0) is 10.6. The lowest BCUT2D eigenvalue weighted by Gasteiger charge is -2.32. The highest BCUT2D eigenvalue weighted by Gasteiger charge is 2.18. The van der Waals surface area contributed by atoms with E-state index in [1.165, 1.54) is 32.4 Å². The molecule has 0 bridgehead atoms. The molecule has 2 nitrogen and oxygen atoms in total. The number of nitrogens with zero attached hydrogens (tertiary/aromatic N) is 1. The van der Waals surface area contributed by atoms with Crippen molar-refractivity contribution in [3.05, 3.63) is 0 Å². The molecule has 0 N–H and O–H groups in total. The molecule has 0 spiro atoms. The molecule has 0 radical (unpaired) electrons. The lowest BCUT2D eigenvalue weighted by Crippen LogP contribution is -2.39. The predicted octanol–water partition coefficient (Wildman–Crippen LogP) is 2.68. The van der Waals surface area contributed by atoms with Crippen LogP contribution in [0.2, 0.25) is 0 Å². The van der Waals surface area contributed by atoms with Gasteiger partial charge in [0, 0.05) is 6.54 Å². The first-order chi connectivity index (χ1) is 6.47. The Morgan fingerprint density at radius 1 is 1.14 bits per heavy atom. The minimum absolute atomic E-state index is 0.00476. The van der Waals surface area contributed by atoms with Gasteiger partial charge in [-0.05, 0) is 53.6 Å². The Morgan fingerprint density at radius 3 is 2.21 bits per heavy atom. The Morgan fingerprint density at radius 2 is 1.71 bits per heavy atom. The van der Waals surface area contributed by atoms with Crippen molar-refractivity contribution in [2.45, 2.75) is 58.7 Å². The Labute approximate surface area is 88.6 Å². The number of likely N-dealkylation sites (tertiary alicyclic amines) is 1. The van der Waals surface area contributed by atoms with Gasteiger partial charge in [0.05, 0.1) is 11.7 Å². The summed E-state index contributed by atoms with van der Waals surface area (Å²) in [5.41, 5.74) is -0.00476. The van der Waals surface area contributed by atoms with Crippen molar-refractivity contribution in [1.82, 2.24) is 4.90 Å². The van der Waals surface area contributed by atoms with Gasteiger partial charge in [-0.1, -0.05) is 6.42 Å². The maximum atomic E-state index is 5.90. The number of hydrogen-bond donors (Lipinski definition) is 0. The summed E-state index contributed by atoms with van der Waals surface area (Å²) in [6.07, 6.45) is 4.49. The Bertz CT molecular complexity index is 156.